The highest BCUT2D eigenvalue weighted by Crippen LogP contribution is 2.25. The van der Waals surface area contributed by atoms with Crippen LogP contribution >= 0.6 is 0 Å². The van der Waals surface area contributed by atoms with Crippen LogP contribution in [0.25, 0.3) is 0 Å². The van der Waals surface area contributed by atoms with Gasteiger partial charge < -0.3 is 9.47 Å². The van der Waals surface area contributed by atoms with Crippen molar-refractivity contribution in [2.75, 3.05) is 18.5 Å². The SMILES string of the molecule is CN(CCCn1ccnc1)c1c(F)c(F)nc(F)c1F. The standard InChI is InChI=1S/C12H12F4N4/c1-19(4-2-5-20-6-3-17-7-20)10-8(13)11(15)18-12(16)9(10)14/h3,6-7H,2,4-5H2,1H3. The van der Waals surface area contributed by atoms with Gasteiger partial charge in [0.2, 0.25) is 11.6 Å². The molecule has 0 aliphatic rings. The van der Waals surface area contributed by atoms with Crippen LogP contribution in [0.4, 0.5) is 23.2 Å². The molecule has 0 unspecified atom stereocenters. The Morgan fingerprint density at radius 3 is 2.35 bits per heavy atom. The Bertz CT molecular complexity index is 559. The highest BCUT2D eigenvalue weighted by molar-refractivity contribution is 5.47. The summed E-state index contributed by atoms with van der Waals surface area (Å²) in [7, 11) is 1.36. The first-order valence-corrected chi connectivity index (χ1v) is 5.87. The largest absolute Gasteiger partial charge is 0.370 e. The molecule has 0 saturated heterocycles. The van der Waals surface area contributed by atoms with E-state index in [2.05, 4.69) is 9.97 Å². The van der Waals surface area contributed by atoms with Crippen LogP contribution < -0.4 is 4.90 Å². The molecule has 0 atom stereocenters. The smallest absolute Gasteiger partial charge is 0.253 e. The van der Waals surface area contributed by atoms with Crippen molar-refractivity contribution in [3.8, 4) is 0 Å². The van der Waals surface area contributed by atoms with Crippen molar-refractivity contribution >= 4 is 5.69 Å². The molecule has 0 bridgehead atoms. The number of anilines is 1. The quantitative estimate of drug-likeness (QED) is 0.625. The van der Waals surface area contributed by atoms with E-state index in [-0.39, 0.29) is 6.54 Å². The summed E-state index contributed by atoms with van der Waals surface area (Å²) in [6.07, 6.45) is 5.48. The second kappa shape index (κ2) is 5.89. The molecular formula is C12H12F4N4. The van der Waals surface area contributed by atoms with E-state index in [4.69, 9.17) is 0 Å². The van der Waals surface area contributed by atoms with Gasteiger partial charge in [0.15, 0.2) is 0 Å². The second-order valence-corrected chi connectivity index (χ2v) is 4.25. The van der Waals surface area contributed by atoms with Crippen LogP contribution in [0.1, 0.15) is 6.42 Å². The minimum atomic E-state index is -1.65. The summed E-state index contributed by atoms with van der Waals surface area (Å²) in [6, 6.07) is 0. The molecule has 0 N–H and O–H groups in total. The summed E-state index contributed by atoms with van der Waals surface area (Å²) < 4.78 is 54.8. The summed E-state index contributed by atoms with van der Waals surface area (Å²) in [6.45, 7) is 0.790. The topological polar surface area (TPSA) is 34.0 Å². The number of pyridine rings is 1. The Morgan fingerprint density at radius 2 is 1.80 bits per heavy atom. The normalized spacial score (nSPS) is 10.8. The molecule has 0 amide bonds. The lowest BCUT2D eigenvalue weighted by atomic mass is 10.3. The maximum absolute atomic E-state index is 13.5. The highest BCUT2D eigenvalue weighted by atomic mass is 19.2. The molecule has 2 aromatic heterocycles. The fourth-order valence-corrected chi connectivity index (χ4v) is 1.83. The van der Waals surface area contributed by atoms with Crippen molar-refractivity contribution in [3.05, 3.63) is 42.3 Å². The van der Waals surface area contributed by atoms with Gasteiger partial charge in [-0.15, -0.1) is 0 Å². The van der Waals surface area contributed by atoms with E-state index in [1.807, 2.05) is 0 Å². The van der Waals surface area contributed by atoms with Crippen molar-refractivity contribution in [2.45, 2.75) is 13.0 Å². The Hall–Kier alpha value is -2.12. The molecule has 2 heterocycles. The third-order valence-electron chi connectivity index (χ3n) is 2.83. The van der Waals surface area contributed by atoms with Crippen LogP contribution in [-0.2, 0) is 6.54 Å². The molecule has 0 aliphatic heterocycles. The molecular weight excluding hydrogens is 276 g/mol. The van der Waals surface area contributed by atoms with E-state index in [1.54, 1.807) is 23.3 Å². The molecule has 4 nitrogen and oxygen atoms in total. The Balaban J connectivity index is 2.07. The summed E-state index contributed by atoms with van der Waals surface area (Å²) in [4.78, 5) is 7.49. The van der Waals surface area contributed by atoms with Gasteiger partial charge in [-0.2, -0.15) is 22.5 Å². The molecule has 0 spiro atoms. The van der Waals surface area contributed by atoms with Crippen LogP contribution in [-0.4, -0.2) is 28.1 Å². The average Bonchev–Trinajstić information content (AvgIpc) is 2.90. The van der Waals surface area contributed by atoms with Gasteiger partial charge in [0, 0.05) is 32.5 Å². The molecule has 0 radical (unpaired) electrons. The number of nitrogens with zero attached hydrogens (tertiary/aromatic N) is 4. The fourth-order valence-electron chi connectivity index (χ4n) is 1.83. The molecule has 108 valence electrons. The summed E-state index contributed by atoms with van der Waals surface area (Å²) in [5.41, 5.74) is -0.749. The van der Waals surface area contributed by atoms with E-state index >= 15 is 0 Å². The molecule has 0 fully saturated rings. The van der Waals surface area contributed by atoms with Crippen molar-refractivity contribution in [1.82, 2.24) is 14.5 Å². The average molecular weight is 288 g/mol. The van der Waals surface area contributed by atoms with E-state index < -0.39 is 29.2 Å². The molecule has 8 heteroatoms. The van der Waals surface area contributed by atoms with Gasteiger partial charge in [-0.25, -0.2) is 4.98 Å². The molecule has 0 aromatic carbocycles. The second-order valence-electron chi connectivity index (χ2n) is 4.25. The number of imidazole rings is 1. The minimum absolute atomic E-state index is 0.217. The predicted molar refractivity (Wildman–Crippen MR) is 64.2 cm³/mol. The predicted octanol–water partition coefficient (Wildman–Crippen LogP) is 2.36. The van der Waals surface area contributed by atoms with Gasteiger partial charge in [0.1, 0.15) is 5.69 Å². The third kappa shape index (κ3) is 2.89. The van der Waals surface area contributed by atoms with Crippen LogP contribution in [0.2, 0.25) is 0 Å². The van der Waals surface area contributed by atoms with Crippen molar-refractivity contribution in [1.29, 1.82) is 0 Å². The molecule has 20 heavy (non-hydrogen) atoms. The summed E-state index contributed by atoms with van der Waals surface area (Å²) >= 11 is 0. The van der Waals surface area contributed by atoms with Crippen LogP contribution in [0, 0.1) is 23.5 Å². The van der Waals surface area contributed by atoms with Gasteiger partial charge in [-0.3, -0.25) is 0 Å². The molecule has 2 rings (SSSR count). The van der Waals surface area contributed by atoms with E-state index in [0.29, 0.717) is 13.0 Å². The number of aromatic nitrogens is 3. The van der Waals surface area contributed by atoms with E-state index in [0.717, 1.165) is 4.90 Å². The Morgan fingerprint density at radius 1 is 1.15 bits per heavy atom. The first-order chi connectivity index (χ1) is 9.50. The zero-order valence-electron chi connectivity index (χ0n) is 10.7. The van der Waals surface area contributed by atoms with Gasteiger partial charge in [0.25, 0.3) is 11.9 Å². The Labute approximate surface area is 112 Å². The molecule has 0 aliphatic carbocycles. The van der Waals surface area contributed by atoms with Gasteiger partial charge in [0.05, 0.1) is 6.33 Å². The first kappa shape index (κ1) is 14.3. The maximum Gasteiger partial charge on any atom is 0.253 e. The first-order valence-electron chi connectivity index (χ1n) is 5.87. The van der Waals surface area contributed by atoms with Crippen molar-refractivity contribution < 1.29 is 17.6 Å². The minimum Gasteiger partial charge on any atom is -0.370 e. The third-order valence-corrected chi connectivity index (χ3v) is 2.83. The lowest BCUT2D eigenvalue weighted by Crippen LogP contribution is -2.24. The van der Waals surface area contributed by atoms with Gasteiger partial charge in [-0.1, -0.05) is 0 Å². The monoisotopic (exact) mass is 288 g/mol. The zero-order valence-corrected chi connectivity index (χ0v) is 10.7. The zero-order chi connectivity index (χ0) is 14.7. The number of hydrogen-bond acceptors (Lipinski definition) is 3. The van der Waals surface area contributed by atoms with Gasteiger partial charge in [-0.05, 0) is 6.42 Å². The number of halogens is 4. The van der Waals surface area contributed by atoms with Crippen molar-refractivity contribution in [3.63, 3.8) is 0 Å². The van der Waals surface area contributed by atoms with Crippen LogP contribution in [0.3, 0.4) is 0 Å². The van der Waals surface area contributed by atoms with Crippen LogP contribution in [0.5, 0.6) is 0 Å². The lowest BCUT2D eigenvalue weighted by molar-refractivity contribution is 0.406. The molecule has 0 saturated carbocycles. The summed E-state index contributed by atoms with van der Waals surface area (Å²) in [5.74, 6) is -6.29. The fraction of sp³-hybridized carbons (Fsp3) is 0.333. The van der Waals surface area contributed by atoms with Crippen molar-refractivity contribution in [2.24, 2.45) is 0 Å². The Kier molecular flexibility index (Phi) is 4.21. The van der Waals surface area contributed by atoms with E-state index in [1.165, 1.54) is 7.05 Å². The van der Waals surface area contributed by atoms with Gasteiger partial charge >= 0.3 is 0 Å². The van der Waals surface area contributed by atoms with E-state index in [9.17, 15) is 17.6 Å². The number of rotatable bonds is 5. The lowest BCUT2D eigenvalue weighted by Gasteiger charge is -2.20. The van der Waals surface area contributed by atoms with Crippen LogP contribution in [0.15, 0.2) is 18.7 Å². The molecule has 2 aromatic rings. The number of hydrogen-bond donors (Lipinski definition) is 0. The number of aryl methyl sites for hydroxylation is 1. The highest BCUT2D eigenvalue weighted by Gasteiger charge is 2.23. The maximum atomic E-state index is 13.5. The summed E-state index contributed by atoms with van der Waals surface area (Å²) in [5, 5.41) is 0.